The molecule has 0 aliphatic carbocycles. The second-order valence-electron chi connectivity index (χ2n) is 5.04. The molecule has 0 unspecified atom stereocenters. The highest BCUT2D eigenvalue weighted by Gasteiger charge is 2.38. The Morgan fingerprint density at radius 3 is 2.86 bits per heavy atom. The minimum atomic E-state index is -0.596. The number of hydrogen-bond acceptors (Lipinski definition) is 6. The number of imide groups is 1. The monoisotopic (exact) mass is 310 g/mol. The van der Waals surface area contributed by atoms with E-state index in [1.165, 1.54) is 11.3 Å². The lowest BCUT2D eigenvalue weighted by atomic mass is 10.0. The SMILES string of the molecule is Cc1cnc(NC(=O)N2CC(CN3C(=O)COC3=O)C2)s1. The molecule has 8 nitrogen and oxygen atoms in total. The minimum Gasteiger partial charge on any atom is -0.439 e. The Bertz CT molecular complexity index is 580. The third-order valence-corrected chi connectivity index (χ3v) is 4.19. The Kier molecular flexibility index (Phi) is 3.50. The number of amides is 4. The summed E-state index contributed by atoms with van der Waals surface area (Å²) in [6.45, 7) is 3.05. The summed E-state index contributed by atoms with van der Waals surface area (Å²) in [5.41, 5.74) is 0. The molecule has 112 valence electrons. The van der Waals surface area contributed by atoms with Crippen LogP contribution in [0.3, 0.4) is 0 Å². The number of nitrogens with zero attached hydrogens (tertiary/aromatic N) is 3. The van der Waals surface area contributed by atoms with Crippen LogP contribution >= 0.6 is 11.3 Å². The number of nitrogens with one attached hydrogen (secondary N) is 1. The maximum absolute atomic E-state index is 11.9. The Hall–Kier alpha value is -2.16. The van der Waals surface area contributed by atoms with Gasteiger partial charge in [-0.2, -0.15) is 0 Å². The number of likely N-dealkylation sites (tertiary alicyclic amines) is 1. The van der Waals surface area contributed by atoms with Gasteiger partial charge in [-0.3, -0.25) is 10.1 Å². The number of carbonyl (C=O) groups is 3. The molecule has 1 aromatic heterocycles. The number of aromatic nitrogens is 1. The predicted molar refractivity (Wildman–Crippen MR) is 74.0 cm³/mol. The summed E-state index contributed by atoms with van der Waals surface area (Å²) in [5, 5.41) is 3.29. The van der Waals surface area contributed by atoms with Gasteiger partial charge in [-0.15, -0.1) is 11.3 Å². The summed E-state index contributed by atoms with van der Waals surface area (Å²) in [5.74, 6) is -0.218. The van der Waals surface area contributed by atoms with E-state index in [2.05, 4.69) is 15.0 Å². The van der Waals surface area contributed by atoms with Crippen LogP contribution in [-0.2, 0) is 9.53 Å². The van der Waals surface area contributed by atoms with Crippen molar-refractivity contribution in [2.45, 2.75) is 6.92 Å². The van der Waals surface area contributed by atoms with Gasteiger partial charge in [-0.25, -0.2) is 19.5 Å². The number of hydrogen-bond donors (Lipinski definition) is 1. The quantitative estimate of drug-likeness (QED) is 0.895. The first-order valence-electron chi connectivity index (χ1n) is 6.48. The van der Waals surface area contributed by atoms with Crippen molar-refractivity contribution in [2.24, 2.45) is 5.92 Å². The summed E-state index contributed by atoms with van der Waals surface area (Å²) >= 11 is 1.41. The van der Waals surface area contributed by atoms with Gasteiger partial charge in [0.1, 0.15) is 0 Å². The number of cyclic esters (lactones) is 1. The zero-order valence-corrected chi connectivity index (χ0v) is 12.2. The number of rotatable bonds is 3. The molecule has 2 aliphatic rings. The fraction of sp³-hybridized carbons (Fsp3) is 0.500. The fourth-order valence-electron chi connectivity index (χ4n) is 2.25. The molecule has 9 heteroatoms. The third-order valence-electron chi connectivity index (χ3n) is 3.36. The van der Waals surface area contributed by atoms with Gasteiger partial charge in [0.05, 0.1) is 0 Å². The van der Waals surface area contributed by atoms with Crippen LogP contribution in [-0.4, -0.2) is 59.1 Å². The van der Waals surface area contributed by atoms with E-state index in [1.54, 1.807) is 11.1 Å². The molecule has 3 heterocycles. The summed E-state index contributed by atoms with van der Waals surface area (Å²) in [6, 6.07) is -0.212. The summed E-state index contributed by atoms with van der Waals surface area (Å²) < 4.78 is 4.64. The molecule has 1 aromatic rings. The van der Waals surface area contributed by atoms with Gasteiger partial charge in [0.25, 0.3) is 5.91 Å². The van der Waals surface area contributed by atoms with Gasteiger partial charge >= 0.3 is 12.1 Å². The average Bonchev–Trinajstić information content (AvgIpc) is 2.92. The van der Waals surface area contributed by atoms with E-state index in [1.807, 2.05) is 6.92 Å². The number of anilines is 1. The van der Waals surface area contributed by atoms with Crippen molar-refractivity contribution in [1.82, 2.24) is 14.8 Å². The molecule has 2 aliphatic heterocycles. The van der Waals surface area contributed by atoms with Crippen LogP contribution in [0, 0.1) is 12.8 Å². The van der Waals surface area contributed by atoms with Crippen molar-refractivity contribution >= 4 is 34.5 Å². The van der Waals surface area contributed by atoms with Crippen LogP contribution in [0.4, 0.5) is 14.7 Å². The lowest BCUT2D eigenvalue weighted by Crippen LogP contribution is -2.55. The highest BCUT2D eigenvalue weighted by Crippen LogP contribution is 2.22. The van der Waals surface area contributed by atoms with Crippen LogP contribution in [0.2, 0.25) is 0 Å². The first kappa shape index (κ1) is 13.8. The second kappa shape index (κ2) is 5.32. The van der Waals surface area contributed by atoms with E-state index in [4.69, 9.17) is 0 Å². The lowest BCUT2D eigenvalue weighted by Gasteiger charge is -2.39. The Balaban J connectivity index is 1.46. The highest BCUT2D eigenvalue weighted by atomic mass is 32.1. The largest absolute Gasteiger partial charge is 0.439 e. The zero-order chi connectivity index (χ0) is 15.0. The number of carbonyl (C=O) groups excluding carboxylic acids is 3. The second-order valence-corrected chi connectivity index (χ2v) is 6.27. The van der Waals surface area contributed by atoms with Crippen molar-refractivity contribution in [3.63, 3.8) is 0 Å². The van der Waals surface area contributed by atoms with E-state index in [0.717, 1.165) is 9.78 Å². The highest BCUT2D eigenvalue weighted by molar-refractivity contribution is 7.15. The van der Waals surface area contributed by atoms with Crippen LogP contribution in [0.1, 0.15) is 4.88 Å². The molecule has 2 saturated heterocycles. The maximum atomic E-state index is 11.9. The molecule has 4 amide bonds. The van der Waals surface area contributed by atoms with Gasteiger partial charge in [-0.05, 0) is 6.92 Å². The molecule has 0 spiro atoms. The molecule has 0 bridgehead atoms. The minimum absolute atomic E-state index is 0.100. The molecule has 3 rings (SSSR count). The first-order valence-corrected chi connectivity index (χ1v) is 7.30. The van der Waals surface area contributed by atoms with Crippen molar-refractivity contribution in [1.29, 1.82) is 0 Å². The van der Waals surface area contributed by atoms with Crippen molar-refractivity contribution in [3.8, 4) is 0 Å². The van der Waals surface area contributed by atoms with Gasteiger partial charge in [0.15, 0.2) is 11.7 Å². The van der Waals surface area contributed by atoms with Crippen LogP contribution in [0.15, 0.2) is 6.20 Å². The van der Waals surface area contributed by atoms with Crippen molar-refractivity contribution < 1.29 is 19.1 Å². The van der Waals surface area contributed by atoms with Gasteiger partial charge in [0.2, 0.25) is 0 Å². The average molecular weight is 310 g/mol. The van der Waals surface area contributed by atoms with Crippen LogP contribution < -0.4 is 5.32 Å². The predicted octanol–water partition coefficient (Wildman–Crippen LogP) is 0.894. The van der Waals surface area contributed by atoms with Gasteiger partial charge in [0, 0.05) is 36.6 Å². The summed E-state index contributed by atoms with van der Waals surface area (Å²) in [6.07, 6.45) is 1.10. The van der Waals surface area contributed by atoms with Crippen molar-refractivity contribution in [2.75, 3.05) is 31.6 Å². The Morgan fingerprint density at radius 2 is 2.29 bits per heavy atom. The molecule has 0 aromatic carbocycles. The Labute approximate surface area is 124 Å². The van der Waals surface area contributed by atoms with E-state index < -0.39 is 6.09 Å². The summed E-state index contributed by atoms with van der Waals surface area (Å²) in [7, 11) is 0. The van der Waals surface area contributed by atoms with E-state index in [-0.39, 0.29) is 24.5 Å². The normalized spacial score (nSPS) is 18.7. The van der Waals surface area contributed by atoms with Crippen LogP contribution in [0.5, 0.6) is 0 Å². The maximum Gasteiger partial charge on any atom is 0.417 e. The number of ether oxygens (including phenoxy) is 1. The third kappa shape index (κ3) is 2.82. The zero-order valence-electron chi connectivity index (χ0n) is 11.4. The van der Waals surface area contributed by atoms with E-state index >= 15 is 0 Å². The lowest BCUT2D eigenvalue weighted by molar-refractivity contribution is -0.126. The van der Waals surface area contributed by atoms with Gasteiger partial charge in [-0.1, -0.05) is 0 Å². The fourth-order valence-corrected chi connectivity index (χ4v) is 2.90. The smallest absolute Gasteiger partial charge is 0.417 e. The standard InChI is InChI=1S/C12H14N4O4S/c1-7-2-13-10(21-7)14-11(18)15-3-8(4-15)5-16-9(17)6-20-12(16)19/h2,8H,3-6H2,1H3,(H,13,14,18). The number of aryl methyl sites for hydroxylation is 1. The van der Waals surface area contributed by atoms with Gasteiger partial charge < -0.3 is 9.64 Å². The molecule has 0 saturated carbocycles. The molecule has 2 fully saturated rings. The van der Waals surface area contributed by atoms with E-state index in [9.17, 15) is 14.4 Å². The number of thiazole rings is 1. The van der Waals surface area contributed by atoms with Crippen molar-refractivity contribution in [3.05, 3.63) is 11.1 Å². The number of urea groups is 1. The molecular formula is C12H14N4O4S. The van der Waals surface area contributed by atoms with Crippen LogP contribution in [0.25, 0.3) is 0 Å². The summed E-state index contributed by atoms with van der Waals surface area (Å²) in [4.78, 5) is 42.4. The Morgan fingerprint density at radius 1 is 1.52 bits per heavy atom. The first-order chi connectivity index (χ1) is 10.0. The topological polar surface area (TPSA) is 91.8 Å². The van der Waals surface area contributed by atoms with E-state index in [0.29, 0.717) is 24.8 Å². The molecule has 21 heavy (non-hydrogen) atoms. The molecule has 1 N–H and O–H groups in total. The molecule has 0 atom stereocenters. The molecule has 0 radical (unpaired) electrons. The molecular weight excluding hydrogens is 296 g/mol.